The van der Waals surface area contributed by atoms with Crippen LogP contribution in [0.15, 0.2) is 58.4 Å². The zero-order chi connectivity index (χ0) is 27.0. The molecule has 3 aromatic rings. The Hall–Kier alpha value is -3.90. The molecule has 10 nitrogen and oxygen atoms in total. The van der Waals surface area contributed by atoms with Crippen molar-refractivity contribution in [3.8, 4) is 5.75 Å². The largest absolute Gasteiger partial charge is 0.497 e. The van der Waals surface area contributed by atoms with Crippen LogP contribution in [0.2, 0.25) is 0 Å². The van der Waals surface area contributed by atoms with E-state index in [9.17, 15) is 24.0 Å². The molecular formula is C26H23N3O7S2. The summed E-state index contributed by atoms with van der Waals surface area (Å²) in [6.07, 6.45) is 0. The number of hydrogen-bond donors (Lipinski definition) is 2. The second-order valence-electron chi connectivity index (χ2n) is 8.64. The number of nitrogens with one attached hydrogen (secondary N) is 2. The van der Waals surface area contributed by atoms with Gasteiger partial charge in [-0.15, -0.1) is 0 Å². The SMILES string of the molecule is CCOC(=O)c1ccc(NC(=O)Cn2c3c(sc2=O)C(c2ccc(OC)cc2)C2C(=O)NC(=O)C2S3)cc1. The van der Waals surface area contributed by atoms with Crippen LogP contribution in [0, 0.1) is 5.92 Å². The molecule has 2 aliphatic heterocycles. The molecule has 0 bridgehead atoms. The Morgan fingerprint density at radius 3 is 2.39 bits per heavy atom. The molecular weight excluding hydrogens is 530 g/mol. The van der Waals surface area contributed by atoms with Crippen LogP contribution >= 0.6 is 23.1 Å². The Morgan fingerprint density at radius 1 is 1.03 bits per heavy atom. The number of fused-ring (bicyclic) bond motifs is 2. The van der Waals surface area contributed by atoms with Gasteiger partial charge in [-0.05, 0) is 48.9 Å². The first kappa shape index (κ1) is 25.7. The molecule has 0 saturated carbocycles. The van der Waals surface area contributed by atoms with E-state index in [4.69, 9.17) is 9.47 Å². The third kappa shape index (κ3) is 4.72. The van der Waals surface area contributed by atoms with Gasteiger partial charge in [0, 0.05) is 16.5 Å². The average molecular weight is 554 g/mol. The predicted molar refractivity (Wildman–Crippen MR) is 141 cm³/mol. The van der Waals surface area contributed by atoms with Crippen molar-refractivity contribution in [3.05, 3.63) is 74.2 Å². The van der Waals surface area contributed by atoms with Crippen LogP contribution in [0.3, 0.4) is 0 Å². The maximum Gasteiger partial charge on any atom is 0.338 e. The van der Waals surface area contributed by atoms with Crippen LogP contribution in [0.5, 0.6) is 5.75 Å². The monoisotopic (exact) mass is 553 g/mol. The highest BCUT2D eigenvalue weighted by Crippen LogP contribution is 2.51. The lowest BCUT2D eigenvalue weighted by molar-refractivity contribution is -0.126. The molecule has 3 heterocycles. The lowest BCUT2D eigenvalue weighted by Gasteiger charge is -2.30. The molecule has 3 amide bonds. The van der Waals surface area contributed by atoms with Gasteiger partial charge in [-0.3, -0.25) is 29.1 Å². The number of anilines is 1. The summed E-state index contributed by atoms with van der Waals surface area (Å²) in [7, 11) is 1.55. The number of hydrogen-bond acceptors (Lipinski definition) is 9. The van der Waals surface area contributed by atoms with E-state index in [-0.39, 0.29) is 23.9 Å². The summed E-state index contributed by atoms with van der Waals surface area (Å²) >= 11 is 2.11. The molecule has 2 aromatic carbocycles. The summed E-state index contributed by atoms with van der Waals surface area (Å²) in [6, 6.07) is 13.4. The Bertz CT molecular complexity index is 1480. The van der Waals surface area contributed by atoms with E-state index in [1.165, 1.54) is 16.7 Å². The van der Waals surface area contributed by atoms with Crippen molar-refractivity contribution in [2.24, 2.45) is 5.92 Å². The standard InChI is InChI=1S/C26H23N3O7S2/c1-3-36-25(33)14-4-8-15(9-5-14)27-17(30)12-29-24-21(38-26(29)34)18(13-6-10-16(35-2)11-7-13)19-20(37-24)23(32)28-22(19)31/h4-11,18-20H,3,12H2,1-2H3,(H,27,30)(H,28,31,32). The number of nitrogens with zero attached hydrogens (tertiary/aromatic N) is 1. The maximum absolute atomic E-state index is 13.1. The average Bonchev–Trinajstić information content (AvgIpc) is 3.37. The summed E-state index contributed by atoms with van der Waals surface area (Å²) < 4.78 is 11.5. The number of methoxy groups -OCH3 is 1. The number of benzene rings is 2. The van der Waals surface area contributed by atoms with Crippen molar-refractivity contribution < 1.29 is 28.7 Å². The van der Waals surface area contributed by atoms with Crippen molar-refractivity contribution >= 4 is 52.5 Å². The molecule has 1 saturated heterocycles. The van der Waals surface area contributed by atoms with Gasteiger partial charge >= 0.3 is 10.8 Å². The van der Waals surface area contributed by atoms with Gasteiger partial charge in [0.15, 0.2) is 0 Å². The Morgan fingerprint density at radius 2 is 1.74 bits per heavy atom. The smallest absolute Gasteiger partial charge is 0.338 e. The molecule has 12 heteroatoms. The molecule has 3 unspecified atom stereocenters. The lowest BCUT2D eigenvalue weighted by Crippen LogP contribution is -2.32. The van der Waals surface area contributed by atoms with Crippen molar-refractivity contribution in [2.45, 2.75) is 29.7 Å². The van der Waals surface area contributed by atoms with Gasteiger partial charge in [-0.2, -0.15) is 0 Å². The van der Waals surface area contributed by atoms with Gasteiger partial charge in [0.25, 0.3) is 0 Å². The van der Waals surface area contributed by atoms with Crippen LogP contribution in [0.25, 0.3) is 0 Å². The number of thiazole rings is 1. The molecule has 0 spiro atoms. The van der Waals surface area contributed by atoms with Gasteiger partial charge in [0.2, 0.25) is 17.7 Å². The quantitative estimate of drug-likeness (QED) is 0.337. The normalized spacial score (nSPS) is 19.8. The topological polar surface area (TPSA) is 133 Å². The van der Waals surface area contributed by atoms with Gasteiger partial charge in [-0.25, -0.2) is 4.79 Å². The van der Waals surface area contributed by atoms with E-state index in [0.717, 1.165) is 28.7 Å². The second-order valence-corrected chi connectivity index (χ2v) is 10.8. The summed E-state index contributed by atoms with van der Waals surface area (Å²) in [5.41, 5.74) is 1.57. The maximum atomic E-state index is 13.1. The highest BCUT2D eigenvalue weighted by atomic mass is 32.2. The number of amides is 3. The first-order valence-corrected chi connectivity index (χ1v) is 13.5. The Kier molecular flexibility index (Phi) is 7.09. The Labute approximate surface area is 225 Å². The molecule has 0 aliphatic carbocycles. The Balaban J connectivity index is 1.43. The fourth-order valence-electron chi connectivity index (χ4n) is 4.59. The minimum Gasteiger partial charge on any atom is -0.497 e. The van der Waals surface area contributed by atoms with E-state index >= 15 is 0 Å². The number of rotatable bonds is 7. The van der Waals surface area contributed by atoms with Crippen LogP contribution in [0.4, 0.5) is 5.69 Å². The number of imide groups is 1. The first-order chi connectivity index (χ1) is 18.3. The number of carbonyl (C=O) groups is 4. The third-order valence-corrected chi connectivity index (χ3v) is 8.96. The van der Waals surface area contributed by atoms with E-state index in [1.807, 2.05) is 12.1 Å². The first-order valence-electron chi connectivity index (χ1n) is 11.8. The zero-order valence-electron chi connectivity index (χ0n) is 20.4. The molecule has 2 aliphatic rings. The number of aromatic nitrogens is 1. The fraction of sp³-hybridized carbons (Fsp3) is 0.269. The van der Waals surface area contributed by atoms with Gasteiger partial charge < -0.3 is 14.8 Å². The summed E-state index contributed by atoms with van der Waals surface area (Å²) in [4.78, 5) is 63.5. The fourth-order valence-corrected chi connectivity index (χ4v) is 7.33. The van der Waals surface area contributed by atoms with Crippen molar-refractivity contribution in [2.75, 3.05) is 19.0 Å². The highest BCUT2D eigenvalue weighted by Gasteiger charge is 2.52. The van der Waals surface area contributed by atoms with Gasteiger partial charge in [-0.1, -0.05) is 35.2 Å². The summed E-state index contributed by atoms with van der Waals surface area (Å²) in [6.45, 7) is 1.69. The number of ether oxygens (including phenoxy) is 2. The van der Waals surface area contributed by atoms with E-state index in [0.29, 0.717) is 26.9 Å². The number of thioether (sulfide) groups is 1. The molecule has 5 rings (SSSR count). The predicted octanol–water partition coefficient (Wildman–Crippen LogP) is 2.61. The number of carbonyl (C=O) groups excluding carboxylic acids is 4. The molecule has 38 heavy (non-hydrogen) atoms. The van der Waals surface area contributed by atoms with Gasteiger partial charge in [0.05, 0.1) is 30.2 Å². The summed E-state index contributed by atoms with van der Waals surface area (Å²) in [5, 5.41) is 4.92. The minimum absolute atomic E-state index is 0.256. The van der Waals surface area contributed by atoms with Crippen LogP contribution < -0.4 is 20.2 Å². The third-order valence-electron chi connectivity index (χ3n) is 6.34. The van der Waals surface area contributed by atoms with E-state index in [2.05, 4.69) is 10.6 Å². The molecule has 3 atom stereocenters. The minimum atomic E-state index is -0.721. The molecule has 0 radical (unpaired) electrons. The highest BCUT2D eigenvalue weighted by molar-refractivity contribution is 8.00. The molecule has 196 valence electrons. The second kappa shape index (κ2) is 10.5. The van der Waals surface area contributed by atoms with Gasteiger partial charge in [0.1, 0.15) is 17.5 Å². The van der Waals surface area contributed by atoms with E-state index in [1.54, 1.807) is 38.3 Å². The van der Waals surface area contributed by atoms with Crippen molar-refractivity contribution in [1.29, 1.82) is 0 Å². The lowest BCUT2D eigenvalue weighted by atomic mass is 9.83. The zero-order valence-corrected chi connectivity index (χ0v) is 22.0. The number of esters is 1. The molecule has 2 N–H and O–H groups in total. The van der Waals surface area contributed by atoms with E-state index < -0.39 is 34.9 Å². The van der Waals surface area contributed by atoms with Crippen LogP contribution in [0.1, 0.15) is 33.6 Å². The molecule has 1 fully saturated rings. The summed E-state index contributed by atoms with van der Waals surface area (Å²) in [5.74, 6) is -2.26. The van der Waals surface area contributed by atoms with Crippen LogP contribution in [-0.4, -0.2) is 47.2 Å². The van der Waals surface area contributed by atoms with Crippen LogP contribution in [-0.2, 0) is 25.7 Å². The molecule has 1 aromatic heterocycles. The van der Waals surface area contributed by atoms with Crippen molar-refractivity contribution in [3.63, 3.8) is 0 Å². The van der Waals surface area contributed by atoms with Crippen molar-refractivity contribution in [1.82, 2.24) is 9.88 Å².